The topological polar surface area (TPSA) is 29.5 Å². The molecule has 0 spiro atoms. The molecule has 1 aromatic rings. The number of amides is 1. The zero-order valence-corrected chi connectivity index (χ0v) is 10.6. The molecular weight excluding hydrogens is 234 g/mol. The lowest BCUT2D eigenvalue weighted by molar-refractivity contribution is 0.175. The second-order valence-corrected chi connectivity index (χ2v) is 5.59. The minimum absolute atomic E-state index is 0.225. The molecule has 2 heterocycles. The number of carbonyl (C=O) groups excluding carboxylic acids is 1. The molecule has 2 aliphatic heterocycles. The molecule has 2 atom stereocenters. The minimum Gasteiger partial charge on any atom is -0.452 e. The lowest BCUT2D eigenvalue weighted by atomic mass is 9.95. The summed E-state index contributed by atoms with van der Waals surface area (Å²) in [4.78, 5) is 13.8. The van der Waals surface area contributed by atoms with Crippen molar-refractivity contribution in [2.75, 3.05) is 23.5 Å². The Balaban J connectivity index is 2.05. The summed E-state index contributed by atoms with van der Waals surface area (Å²) in [5.41, 5.74) is 2.34. The van der Waals surface area contributed by atoms with Crippen molar-refractivity contribution in [2.45, 2.75) is 18.4 Å². The number of ether oxygens (including phenoxy) is 1. The van der Waals surface area contributed by atoms with Gasteiger partial charge in [-0.1, -0.05) is 18.2 Å². The van der Waals surface area contributed by atoms with E-state index in [1.807, 2.05) is 28.8 Å². The molecule has 0 aliphatic carbocycles. The van der Waals surface area contributed by atoms with Crippen molar-refractivity contribution in [3.05, 3.63) is 29.8 Å². The Morgan fingerprint density at radius 2 is 2.29 bits per heavy atom. The Morgan fingerprint density at radius 1 is 1.47 bits per heavy atom. The molecule has 90 valence electrons. The Morgan fingerprint density at radius 3 is 3.12 bits per heavy atom. The van der Waals surface area contributed by atoms with Gasteiger partial charge in [0.15, 0.2) is 0 Å². The molecule has 17 heavy (non-hydrogen) atoms. The van der Waals surface area contributed by atoms with Crippen LogP contribution in [0.25, 0.3) is 0 Å². The quantitative estimate of drug-likeness (QED) is 0.708. The molecule has 0 saturated carbocycles. The lowest BCUT2D eigenvalue weighted by Gasteiger charge is -2.30. The minimum atomic E-state index is -0.225. The zero-order valence-electron chi connectivity index (χ0n) is 9.76. The Kier molecular flexibility index (Phi) is 2.74. The van der Waals surface area contributed by atoms with Gasteiger partial charge in [0, 0.05) is 17.7 Å². The first-order chi connectivity index (χ1) is 8.33. The largest absolute Gasteiger partial charge is 0.452 e. The third-order valence-electron chi connectivity index (χ3n) is 3.62. The van der Waals surface area contributed by atoms with Crippen molar-refractivity contribution < 1.29 is 9.53 Å². The van der Waals surface area contributed by atoms with E-state index in [1.54, 1.807) is 0 Å². The zero-order chi connectivity index (χ0) is 11.8. The smallest absolute Gasteiger partial charge is 0.414 e. The van der Waals surface area contributed by atoms with Crippen LogP contribution in [0, 0.1) is 0 Å². The van der Waals surface area contributed by atoms with Gasteiger partial charge in [0.1, 0.15) is 0 Å². The van der Waals surface area contributed by atoms with E-state index < -0.39 is 0 Å². The summed E-state index contributed by atoms with van der Waals surface area (Å²) in [6.07, 6.45) is 0.830. The fourth-order valence-electron chi connectivity index (χ4n) is 2.86. The van der Waals surface area contributed by atoms with Crippen molar-refractivity contribution in [2.24, 2.45) is 0 Å². The van der Waals surface area contributed by atoms with Crippen molar-refractivity contribution >= 4 is 23.5 Å². The molecule has 1 fully saturated rings. The summed E-state index contributed by atoms with van der Waals surface area (Å²) < 4.78 is 4.92. The Hall–Kier alpha value is -1.16. The fourth-order valence-corrected chi connectivity index (χ4v) is 4.09. The summed E-state index contributed by atoms with van der Waals surface area (Å²) in [6.45, 7) is 0. The van der Waals surface area contributed by atoms with Gasteiger partial charge in [-0.25, -0.2) is 4.79 Å². The van der Waals surface area contributed by atoms with E-state index in [2.05, 4.69) is 12.1 Å². The Bertz CT molecular complexity index is 449. The molecule has 3 nitrogen and oxygen atoms in total. The Labute approximate surface area is 105 Å². The maximum Gasteiger partial charge on any atom is 0.414 e. The standard InChI is InChI=1S/C13H15NO2S/c1-16-13(15)14-11-5-3-2-4-9(11)10-8-17-7-6-12(10)14/h2-5,10,12H,6-8H2,1H3/t10-,12+/m1/s1. The maximum atomic E-state index is 11.9. The van der Waals surface area contributed by atoms with E-state index in [4.69, 9.17) is 4.74 Å². The highest BCUT2D eigenvalue weighted by Gasteiger charge is 2.43. The van der Waals surface area contributed by atoms with E-state index >= 15 is 0 Å². The molecule has 3 rings (SSSR count). The van der Waals surface area contributed by atoms with Crippen LogP contribution in [0.15, 0.2) is 24.3 Å². The highest BCUT2D eigenvalue weighted by atomic mass is 32.2. The van der Waals surface area contributed by atoms with Crippen molar-refractivity contribution in [1.82, 2.24) is 0 Å². The highest BCUT2D eigenvalue weighted by molar-refractivity contribution is 7.99. The third-order valence-corrected chi connectivity index (χ3v) is 4.74. The van der Waals surface area contributed by atoms with Gasteiger partial charge in [0.25, 0.3) is 0 Å². The lowest BCUT2D eigenvalue weighted by Crippen LogP contribution is -2.41. The van der Waals surface area contributed by atoms with E-state index in [9.17, 15) is 4.79 Å². The van der Waals surface area contributed by atoms with Gasteiger partial charge in [0.2, 0.25) is 0 Å². The van der Waals surface area contributed by atoms with Crippen molar-refractivity contribution in [1.29, 1.82) is 0 Å². The summed E-state index contributed by atoms with van der Waals surface area (Å²) in [6, 6.07) is 8.49. The number of nitrogens with zero attached hydrogens (tertiary/aromatic N) is 1. The van der Waals surface area contributed by atoms with Crippen LogP contribution in [0.4, 0.5) is 10.5 Å². The van der Waals surface area contributed by atoms with E-state index in [0.717, 1.165) is 23.6 Å². The van der Waals surface area contributed by atoms with Crippen LogP contribution in [-0.4, -0.2) is 30.8 Å². The average molecular weight is 249 g/mol. The predicted octanol–water partition coefficient (Wildman–Crippen LogP) is 2.86. The molecule has 0 unspecified atom stereocenters. The summed E-state index contributed by atoms with van der Waals surface area (Å²) in [5.74, 6) is 2.71. The van der Waals surface area contributed by atoms with Gasteiger partial charge in [-0.05, 0) is 23.8 Å². The molecule has 4 heteroatoms. The molecule has 1 saturated heterocycles. The second kappa shape index (κ2) is 4.26. The average Bonchev–Trinajstić information content (AvgIpc) is 2.72. The van der Waals surface area contributed by atoms with Crippen LogP contribution in [0.5, 0.6) is 0 Å². The summed E-state index contributed by atoms with van der Waals surface area (Å²) in [5, 5.41) is 0. The number of thioether (sulfide) groups is 1. The number of hydrogen-bond acceptors (Lipinski definition) is 3. The van der Waals surface area contributed by atoms with Gasteiger partial charge >= 0.3 is 6.09 Å². The molecule has 1 amide bonds. The number of fused-ring (bicyclic) bond motifs is 3. The van der Waals surface area contributed by atoms with E-state index in [1.165, 1.54) is 12.7 Å². The molecule has 0 aromatic heterocycles. The highest BCUT2D eigenvalue weighted by Crippen LogP contribution is 2.46. The number of rotatable bonds is 0. The van der Waals surface area contributed by atoms with Crippen LogP contribution in [0.3, 0.4) is 0 Å². The van der Waals surface area contributed by atoms with E-state index in [0.29, 0.717) is 12.0 Å². The summed E-state index contributed by atoms with van der Waals surface area (Å²) in [7, 11) is 1.45. The monoisotopic (exact) mass is 249 g/mol. The van der Waals surface area contributed by atoms with Crippen LogP contribution < -0.4 is 4.90 Å². The van der Waals surface area contributed by atoms with Gasteiger partial charge in [-0.2, -0.15) is 11.8 Å². The van der Waals surface area contributed by atoms with Gasteiger partial charge in [-0.15, -0.1) is 0 Å². The number of hydrogen-bond donors (Lipinski definition) is 0. The van der Waals surface area contributed by atoms with Gasteiger partial charge in [0.05, 0.1) is 12.8 Å². The molecular formula is C13H15NO2S. The van der Waals surface area contributed by atoms with Crippen LogP contribution in [0.1, 0.15) is 17.9 Å². The van der Waals surface area contributed by atoms with Crippen LogP contribution >= 0.6 is 11.8 Å². The maximum absolute atomic E-state index is 11.9. The molecule has 0 radical (unpaired) electrons. The number of carbonyl (C=O) groups is 1. The SMILES string of the molecule is COC(=O)N1c2ccccc2[C@H]2CSCC[C@@H]21. The normalized spacial score (nSPS) is 26.3. The fraction of sp³-hybridized carbons (Fsp3) is 0.462. The number of methoxy groups -OCH3 is 1. The number of anilines is 1. The van der Waals surface area contributed by atoms with Crippen LogP contribution in [-0.2, 0) is 4.74 Å². The van der Waals surface area contributed by atoms with E-state index in [-0.39, 0.29) is 6.09 Å². The molecule has 0 bridgehead atoms. The third kappa shape index (κ3) is 1.62. The first-order valence-corrected chi connectivity index (χ1v) is 7.02. The molecule has 1 aromatic carbocycles. The number of benzene rings is 1. The number of para-hydroxylation sites is 1. The molecule has 0 N–H and O–H groups in total. The first kappa shape index (κ1) is 11.0. The second-order valence-electron chi connectivity index (χ2n) is 4.44. The first-order valence-electron chi connectivity index (χ1n) is 5.87. The van der Waals surface area contributed by atoms with Gasteiger partial charge < -0.3 is 4.74 Å². The van der Waals surface area contributed by atoms with Gasteiger partial charge in [-0.3, -0.25) is 4.90 Å². The van der Waals surface area contributed by atoms with Crippen molar-refractivity contribution in [3.63, 3.8) is 0 Å². The predicted molar refractivity (Wildman–Crippen MR) is 69.8 cm³/mol. The molecule has 2 aliphatic rings. The summed E-state index contributed by atoms with van der Waals surface area (Å²) >= 11 is 1.98. The van der Waals surface area contributed by atoms with Crippen molar-refractivity contribution in [3.8, 4) is 0 Å². The van der Waals surface area contributed by atoms with Crippen LogP contribution in [0.2, 0.25) is 0 Å².